The molecule has 1 saturated carbocycles. The van der Waals surface area contributed by atoms with Gasteiger partial charge in [0.05, 0.1) is 0 Å². The third-order valence-electron chi connectivity index (χ3n) is 3.80. The van der Waals surface area contributed by atoms with Gasteiger partial charge in [-0.2, -0.15) is 0 Å². The Morgan fingerprint density at radius 3 is 2.06 bits per heavy atom. The van der Waals surface area contributed by atoms with E-state index in [1.165, 1.54) is 0 Å². The molecule has 0 radical (unpaired) electrons. The number of carbonyl (C=O) groups excluding carboxylic acids is 2. The van der Waals surface area contributed by atoms with Gasteiger partial charge in [-0.25, -0.2) is 0 Å². The molecule has 4 heteroatoms. The van der Waals surface area contributed by atoms with Crippen LogP contribution in [0.3, 0.4) is 0 Å². The van der Waals surface area contributed by atoms with Gasteiger partial charge in [-0.05, 0) is 25.7 Å². The predicted octanol–water partition coefficient (Wildman–Crippen LogP) is 0.165. The van der Waals surface area contributed by atoms with E-state index >= 15 is 0 Å². The standard InChI is InChI=1S/C12H19NO3/c14-11(13-7-3-4-8-13)9-5-1-2-6-10(9)12(15)16/h9-10H,1-8H2,(H,15,16)/p-1/t9-,10-/m0/s1. The lowest BCUT2D eigenvalue weighted by molar-refractivity contribution is -0.314. The van der Waals surface area contributed by atoms with Crippen molar-refractivity contribution in [2.45, 2.75) is 38.5 Å². The molecule has 0 unspecified atom stereocenters. The van der Waals surface area contributed by atoms with E-state index in [-0.39, 0.29) is 11.8 Å². The third kappa shape index (κ3) is 2.20. The maximum atomic E-state index is 12.2. The van der Waals surface area contributed by atoms with Gasteiger partial charge >= 0.3 is 0 Å². The van der Waals surface area contributed by atoms with Crippen LogP contribution in [0.25, 0.3) is 0 Å². The SMILES string of the molecule is O=C([O-])[C@H]1CCCC[C@@H]1C(=O)N1CCCC1. The molecule has 1 saturated heterocycles. The first-order valence-electron chi connectivity index (χ1n) is 6.20. The highest BCUT2D eigenvalue weighted by Gasteiger charge is 2.35. The van der Waals surface area contributed by atoms with E-state index in [9.17, 15) is 14.7 Å². The molecule has 1 amide bonds. The van der Waals surface area contributed by atoms with Gasteiger partial charge in [0, 0.05) is 30.9 Å². The topological polar surface area (TPSA) is 60.4 Å². The molecule has 2 atom stereocenters. The zero-order valence-corrected chi connectivity index (χ0v) is 9.48. The highest BCUT2D eigenvalue weighted by atomic mass is 16.4. The largest absolute Gasteiger partial charge is 0.550 e. The molecule has 0 aromatic rings. The first-order chi connectivity index (χ1) is 7.70. The number of carboxylic acids is 1. The van der Waals surface area contributed by atoms with Gasteiger partial charge in [0.25, 0.3) is 0 Å². The van der Waals surface area contributed by atoms with Crippen molar-refractivity contribution in [3.63, 3.8) is 0 Å². The van der Waals surface area contributed by atoms with Crippen LogP contribution in [-0.2, 0) is 9.59 Å². The van der Waals surface area contributed by atoms with Crippen molar-refractivity contribution in [1.82, 2.24) is 4.90 Å². The third-order valence-corrected chi connectivity index (χ3v) is 3.80. The molecule has 1 aliphatic heterocycles. The number of carboxylic acid groups (broad SMARTS) is 1. The average Bonchev–Trinajstić information content (AvgIpc) is 2.81. The highest BCUT2D eigenvalue weighted by molar-refractivity contribution is 5.84. The van der Waals surface area contributed by atoms with Gasteiger partial charge in [0.2, 0.25) is 5.91 Å². The fourth-order valence-electron chi connectivity index (χ4n) is 2.88. The fourth-order valence-corrected chi connectivity index (χ4v) is 2.88. The second kappa shape index (κ2) is 4.85. The van der Waals surface area contributed by atoms with Gasteiger partial charge < -0.3 is 14.8 Å². The average molecular weight is 224 g/mol. The first-order valence-corrected chi connectivity index (χ1v) is 6.20. The van der Waals surface area contributed by atoms with Crippen molar-refractivity contribution in [3.8, 4) is 0 Å². The molecular weight excluding hydrogens is 206 g/mol. The van der Waals surface area contributed by atoms with Gasteiger partial charge in [-0.3, -0.25) is 4.79 Å². The van der Waals surface area contributed by atoms with Crippen LogP contribution < -0.4 is 5.11 Å². The summed E-state index contributed by atoms with van der Waals surface area (Å²) in [5.74, 6) is -1.87. The molecule has 1 heterocycles. The van der Waals surface area contributed by atoms with E-state index in [0.29, 0.717) is 12.8 Å². The number of rotatable bonds is 2. The number of carbonyl (C=O) groups is 2. The molecule has 0 N–H and O–H groups in total. The summed E-state index contributed by atoms with van der Waals surface area (Å²) >= 11 is 0. The molecule has 1 aliphatic carbocycles. The number of aliphatic carboxylic acids is 1. The maximum Gasteiger partial charge on any atom is 0.226 e. The van der Waals surface area contributed by atoms with Crippen LogP contribution in [0.4, 0.5) is 0 Å². The molecule has 2 fully saturated rings. The van der Waals surface area contributed by atoms with E-state index in [1.807, 2.05) is 4.90 Å². The van der Waals surface area contributed by atoms with Crippen LogP contribution in [0.5, 0.6) is 0 Å². The Balaban J connectivity index is 2.04. The van der Waals surface area contributed by atoms with Crippen molar-refractivity contribution >= 4 is 11.9 Å². The van der Waals surface area contributed by atoms with Crippen molar-refractivity contribution in [1.29, 1.82) is 0 Å². The van der Waals surface area contributed by atoms with E-state index < -0.39 is 11.9 Å². The molecule has 2 rings (SSSR count). The van der Waals surface area contributed by atoms with Crippen LogP contribution in [0, 0.1) is 11.8 Å². The van der Waals surface area contributed by atoms with Crippen LogP contribution in [0.15, 0.2) is 0 Å². The lowest BCUT2D eigenvalue weighted by Gasteiger charge is -2.33. The van der Waals surface area contributed by atoms with E-state index in [1.54, 1.807) is 0 Å². The minimum Gasteiger partial charge on any atom is -0.550 e. The maximum absolute atomic E-state index is 12.2. The summed E-state index contributed by atoms with van der Waals surface area (Å²) in [6, 6.07) is 0. The Morgan fingerprint density at radius 2 is 1.50 bits per heavy atom. The summed E-state index contributed by atoms with van der Waals surface area (Å²) < 4.78 is 0. The highest BCUT2D eigenvalue weighted by Crippen LogP contribution is 2.31. The van der Waals surface area contributed by atoms with E-state index in [0.717, 1.165) is 38.8 Å². The molecule has 2 aliphatic rings. The number of hydrogen-bond donors (Lipinski definition) is 0. The summed E-state index contributed by atoms with van der Waals surface area (Å²) in [5, 5.41) is 11.0. The van der Waals surface area contributed by atoms with Gasteiger partial charge in [-0.1, -0.05) is 12.8 Å². The van der Waals surface area contributed by atoms with Crippen LogP contribution >= 0.6 is 0 Å². The lowest BCUT2D eigenvalue weighted by atomic mass is 9.78. The molecule has 0 aromatic carbocycles. The molecule has 16 heavy (non-hydrogen) atoms. The fraction of sp³-hybridized carbons (Fsp3) is 0.833. The number of nitrogens with zero attached hydrogens (tertiary/aromatic N) is 1. The number of likely N-dealkylation sites (tertiary alicyclic amines) is 1. The number of hydrogen-bond acceptors (Lipinski definition) is 3. The summed E-state index contributed by atoms with van der Waals surface area (Å²) in [7, 11) is 0. The first kappa shape index (κ1) is 11.4. The van der Waals surface area contributed by atoms with Crippen LogP contribution in [0.2, 0.25) is 0 Å². The van der Waals surface area contributed by atoms with Crippen molar-refractivity contribution < 1.29 is 14.7 Å². The summed E-state index contributed by atoms with van der Waals surface area (Å²) in [6.45, 7) is 1.60. The Kier molecular flexibility index (Phi) is 3.46. The molecule has 90 valence electrons. The second-order valence-corrected chi connectivity index (χ2v) is 4.85. The second-order valence-electron chi connectivity index (χ2n) is 4.85. The molecule has 0 aromatic heterocycles. The Bertz CT molecular complexity index is 284. The van der Waals surface area contributed by atoms with Crippen molar-refractivity contribution in [2.24, 2.45) is 11.8 Å². The Hall–Kier alpha value is -1.06. The molecule has 0 bridgehead atoms. The van der Waals surface area contributed by atoms with Crippen molar-refractivity contribution in [2.75, 3.05) is 13.1 Å². The zero-order valence-electron chi connectivity index (χ0n) is 9.48. The molecule has 4 nitrogen and oxygen atoms in total. The molecular formula is C12H18NO3-. The Morgan fingerprint density at radius 1 is 0.938 bits per heavy atom. The minimum absolute atomic E-state index is 0.0476. The van der Waals surface area contributed by atoms with E-state index in [4.69, 9.17) is 0 Å². The summed E-state index contributed by atoms with van der Waals surface area (Å²) in [5.41, 5.74) is 0. The summed E-state index contributed by atoms with van der Waals surface area (Å²) in [4.78, 5) is 25.0. The van der Waals surface area contributed by atoms with Gasteiger partial charge in [-0.15, -0.1) is 0 Å². The summed E-state index contributed by atoms with van der Waals surface area (Å²) in [6.07, 6.45) is 5.29. The predicted molar refractivity (Wildman–Crippen MR) is 56.3 cm³/mol. The van der Waals surface area contributed by atoms with Gasteiger partial charge in [0.1, 0.15) is 0 Å². The minimum atomic E-state index is -1.04. The van der Waals surface area contributed by atoms with E-state index in [2.05, 4.69) is 0 Å². The lowest BCUT2D eigenvalue weighted by Crippen LogP contribution is -2.45. The normalized spacial score (nSPS) is 30.4. The van der Waals surface area contributed by atoms with Crippen LogP contribution in [-0.4, -0.2) is 29.9 Å². The Labute approximate surface area is 95.6 Å². The monoisotopic (exact) mass is 224 g/mol. The van der Waals surface area contributed by atoms with Crippen LogP contribution in [0.1, 0.15) is 38.5 Å². The van der Waals surface area contributed by atoms with Crippen molar-refractivity contribution in [3.05, 3.63) is 0 Å². The smallest absolute Gasteiger partial charge is 0.226 e. The van der Waals surface area contributed by atoms with Gasteiger partial charge in [0.15, 0.2) is 0 Å². The zero-order chi connectivity index (χ0) is 11.5. The number of amides is 1. The molecule has 0 spiro atoms. The quantitative estimate of drug-likeness (QED) is 0.671.